The van der Waals surface area contributed by atoms with Gasteiger partial charge in [-0.05, 0) is 24.3 Å². The molecule has 0 spiro atoms. The van der Waals surface area contributed by atoms with Crippen LogP contribution in [0.2, 0.25) is 0 Å². The summed E-state index contributed by atoms with van der Waals surface area (Å²) in [5.41, 5.74) is 0.434. The maximum atomic E-state index is 11.8. The average molecular weight is 313 g/mol. The zero-order valence-electron chi connectivity index (χ0n) is 9.84. The summed E-state index contributed by atoms with van der Waals surface area (Å²) in [5, 5.41) is 4.84. The lowest BCUT2D eigenvalue weighted by Crippen LogP contribution is -2.30. The SMILES string of the molecule is COc1ccc(-c2nn(CCBr)c(=O)n2N)cc1. The maximum Gasteiger partial charge on any atom is 0.364 e. The predicted octanol–water partition coefficient (Wildman–Crippen LogP) is 0.829. The van der Waals surface area contributed by atoms with E-state index in [9.17, 15) is 4.79 Å². The number of methoxy groups -OCH3 is 1. The highest BCUT2D eigenvalue weighted by molar-refractivity contribution is 9.09. The Morgan fingerprint density at radius 1 is 1.39 bits per heavy atom. The van der Waals surface area contributed by atoms with Crippen LogP contribution in [0, 0.1) is 0 Å². The van der Waals surface area contributed by atoms with E-state index in [0.717, 1.165) is 16.0 Å². The molecule has 1 aromatic carbocycles. The monoisotopic (exact) mass is 312 g/mol. The summed E-state index contributed by atoms with van der Waals surface area (Å²) < 4.78 is 7.44. The second-order valence-electron chi connectivity index (χ2n) is 3.62. The zero-order valence-corrected chi connectivity index (χ0v) is 11.4. The van der Waals surface area contributed by atoms with Gasteiger partial charge in [0.05, 0.1) is 13.7 Å². The van der Waals surface area contributed by atoms with Crippen molar-refractivity contribution in [3.8, 4) is 17.1 Å². The van der Waals surface area contributed by atoms with Gasteiger partial charge in [0.15, 0.2) is 5.82 Å². The lowest BCUT2D eigenvalue weighted by Gasteiger charge is -2.01. The minimum absolute atomic E-state index is 0.333. The molecular formula is C11H13BrN4O2. The molecule has 2 rings (SSSR count). The van der Waals surface area contributed by atoms with Crippen LogP contribution in [0.1, 0.15) is 0 Å². The topological polar surface area (TPSA) is 75.1 Å². The number of aryl methyl sites for hydroxylation is 1. The fraction of sp³-hybridized carbons (Fsp3) is 0.273. The van der Waals surface area contributed by atoms with E-state index in [2.05, 4.69) is 21.0 Å². The number of nitrogens with zero attached hydrogens (tertiary/aromatic N) is 3. The van der Waals surface area contributed by atoms with Crippen LogP contribution in [0.25, 0.3) is 11.4 Å². The van der Waals surface area contributed by atoms with Crippen molar-refractivity contribution in [3.05, 3.63) is 34.7 Å². The van der Waals surface area contributed by atoms with Crippen LogP contribution >= 0.6 is 15.9 Å². The van der Waals surface area contributed by atoms with E-state index in [1.807, 2.05) is 12.1 Å². The molecule has 0 unspecified atom stereocenters. The van der Waals surface area contributed by atoms with Crippen molar-refractivity contribution in [1.29, 1.82) is 0 Å². The van der Waals surface area contributed by atoms with Crippen molar-refractivity contribution in [2.75, 3.05) is 18.3 Å². The van der Waals surface area contributed by atoms with Crippen LogP contribution in [0.3, 0.4) is 0 Å². The molecule has 96 valence electrons. The standard InChI is InChI=1S/C11H13BrN4O2/c1-18-9-4-2-8(3-5-9)10-14-15(7-6-12)11(17)16(10)13/h2-5H,6-7,13H2,1H3. The van der Waals surface area contributed by atoms with Gasteiger partial charge < -0.3 is 10.6 Å². The third-order valence-electron chi connectivity index (χ3n) is 2.52. The van der Waals surface area contributed by atoms with Crippen molar-refractivity contribution in [1.82, 2.24) is 14.5 Å². The Labute approximate surface area is 112 Å². The summed E-state index contributed by atoms with van der Waals surface area (Å²) in [4.78, 5) is 11.8. The van der Waals surface area contributed by atoms with Crippen molar-refractivity contribution >= 4 is 15.9 Å². The van der Waals surface area contributed by atoms with Gasteiger partial charge in [-0.3, -0.25) is 0 Å². The van der Waals surface area contributed by atoms with E-state index in [4.69, 9.17) is 10.6 Å². The molecule has 18 heavy (non-hydrogen) atoms. The first kappa shape index (κ1) is 12.7. The van der Waals surface area contributed by atoms with Crippen LogP contribution in [0.4, 0.5) is 0 Å². The second-order valence-corrected chi connectivity index (χ2v) is 4.41. The van der Waals surface area contributed by atoms with Crippen LogP contribution in [0.5, 0.6) is 5.75 Å². The Hall–Kier alpha value is -1.76. The predicted molar refractivity (Wildman–Crippen MR) is 72.4 cm³/mol. The summed E-state index contributed by atoms with van der Waals surface area (Å²) in [7, 11) is 1.60. The van der Waals surface area contributed by atoms with Gasteiger partial charge >= 0.3 is 5.69 Å². The van der Waals surface area contributed by atoms with Crippen LogP contribution in [0.15, 0.2) is 29.1 Å². The number of rotatable bonds is 4. The molecule has 0 atom stereocenters. The minimum Gasteiger partial charge on any atom is -0.497 e. The largest absolute Gasteiger partial charge is 0.497 e. The van der Waals surface area contributed by atoms with Crippen molar-refractivity contribution in [2.24, 2.45) is 0 Å². The Balaban J connectivity index is 2.43. The lowest BCUT2D eigenvalue weighted by atomic mass is 10.2. The summed E-state index contributed by atoms with van der Waals surface area (Å²) in [6, 6.07) is 7.21. The van der Waals surface area contributed by atoms with Gasteiger partial charge in [0.1, 0.15) is 5.75 Å². The number of hydrogen-bond donors (Lipinski definition) is 1. The summed E-state index contributed by atoms with van der Waals surface area (Å²) >= 11 is 3.26. The van der Waals surface area contributed by atoms with Gasteiger partial charge in [-0.25, -0.2) is 9.48 Å². The summed E-state index contributed by atoms with van der Waals surface area (Å²) in [5.74, 6) is 6.88. The molecule has 0 radical (unpaired) electrons. The number of halogens is 1. The summed E-state index contributed by atoms with van der Waals surface area (Å²) in [6.45, 7) is 0.478. The number of nitrogen functional groups attached to an aromatic ring is 1. The molecule has 0 fully saturated rings. The van der Waals surface area contributed by atoms with Gasteiger partial charge in [-0.1, -0.05) is 15.9 Å². The second kappa shape index (κ2) is 5.26. The first-order valence-corrected chi connectivity index (χ1v) is 6.45. The zero-order chi connectivity index (χ0) is 13.1. The molecule has 1 heterocycles. The normalized spacial score (nSPS) is 10.6. The van der Waals surface area contributed by atoms with Crippen molar-refractivity contribution < 1.29 is 4.74 Å². The molecular weight excluding hydrogens is 300 g/mol. The van der Waals surface area contributed by atoms with E-state index in [0.29, 0.717) is 17.7 Å². The molecule has 0 bridgehead atoms. The van der Waals surface area contributed by atoms with Crippen LogP contribution in [-0.2, 0) is 6.54 Å². The number of alkyl halides is 1. The number of benzene rings is 1. The van der Waals surface area contributed by atoms with Crippen molar-refractivity contribution in [2.45, 2.75) is 6.54 Å². The molecule has 0 amide bonds. The molecule has 0 saturated heterocycles. The Bertz CT molecular complexity index is 588. The van der Waals surface area contributed by atoms with Gasteiger partial charge in [0.25, 0.3) is 0 Å². The first-order valence-electron chi connectivity index (χ1n) is 5.32. The summed E-state index contributed by atoms with van der Waals surface area (Å²) in [6.07, 6.45) is 0. The van der Waals surface area contributed by atoms with E-state index in [1.54, 1.807) is 19.2 Å². The first-order chi connectivity index (χ1) is 8.67. The van der Waals surface area contributed by atoms with Gasteiger partial charge in [0.2, 0.25) is 0 Å². The average Bonchev–Trinajstić information content (AvgIpc) is 2.68. The maximum absolute atomic E-state index is 11.8. The third kappa shape index (κ3) is 2.26. The molecule has 2 aromatic rings. The third-order valence-corrected chi connectivity index (χ3v) is 2.87. The van der Waals surface area contributed by atoms with E-state index in [1.165, 1.54) is 4.68 Å². The van der Waals surface area contributed by atoms with E-state index < -0.39 is 0 Å². The molecule has 7 heteroatoms. The van der Waals surface area contributed by atoms with Gasteiger partial charge in [-0.2, -0.15) is 4.68 Å². The molecule has 6 nitrogen and oxygen atoms in total. The number of aromatic nitrogens is 3. The fourth-order valence-electron chi connectivity index (χ4n) is 1.58. The van der Waals surface area contributed by atoms with Crippen LogP contribution < -0.4 is 16.3 Å². The fourth-order valence-corrected chi connectivity index (χ4v) is 1.92. The number of nitrogens with two attached hydrogens (primary N) is 1. The molecule has 1 aromatic heterocycles. The van der Waals surface area contributed by atoms with E-state index in [-0.39, 0.29) is 5.69 Å². The quantitative estimate of drug-likeness (QED) is 0.670. The highest BCUT2D eigenvalue weighted by Crippen LogP contribution is 2.18. The molecule has 0 aliphatic carbocycles. The number of hydrogen-bond acceptors (Lipinski definition) is 4. The molecule has 0 aliphatic rings. The Morgan fingerprint density at radius 3 is 2.61 bits per heavy atom. The van der Waals surface area contributed by atoms with Gasteiger partial charge in [-0.15, -0.1) is 5.10 Å². The van der Waals surface area contributed by atoms with Gasteiger partial charge in [0, 0.05) is 10.9 Å². The molecule has 0 saturated carbocycles. The highest BCUT2D eigenvalue weighted by atomic mass is 79.9. The Morgan fingerprint density at radius 2 is 2.06 bits per heavy atom. The van der Waals surface area contributed by atoms with E-state index >= 15 is 0 Å². The Kier molecular flexibility index (Phi) is 3.71. The minimum atomic E-state index is -0.333. The number of ether oxygens (including phenoxy) is 1. The van der Waals surface area contributed by atoms with Crippen LogP contribution in [-0.4, -0.2) is 26.9 Å². The van der Waals surface area contributed by atoms with Crippen molar-refractivity contribution in [3.63, 3.8) is 0 Å². The molecule has 2 N–H and O–H groups in total. The lowest BCUT2D eigenvalue weighted by molar-refractivity contribution is 0.415. The smallest absolute Gasteiger partial charge is 0.364 e. The molecule has 0 aliphatic heterocycles. The highest BCUT2D eigenvalue weighted by Gasteiger charge is 2.12.